The third kappa shape index (κ3) is 6.76. The molecule has 2 N–H and O–H groups in total. The van der Waals surface area contributed by atoms with E-state index >= 15 is 0 Å². The Hall–Kier alpha value is -0.650. The van der Waals surface area contributed by atoms with E-state index in [4.69, 9.17) is 0 Å². The normalized spacial score (nSPS) is 17.8. The molecule has 5 nitrogen and oxygen atoms in total. The van der Waals surface area contributed by atoms with Crippen molar-refractivity contribution in [2.45, 2.75) is 65.1 Å². The third-order valence-corrected chi connectivity index (χ3v) is 4.07. The standard InChI is InChI=1S/C16H35N3O2/c1-8-10-17-16(5,15(20)21)11-13(3)19(9-2)14(4)12-18(6)7/h13-14,17H,8-12H2,1-7H3,(H,20,21). The van der Waals surface area contributed by atoms with Gasteiger partial charge in [-0.2, -0.15) is 0 Å². The number of nitrogens with one attached hydrogen (secondary N) is 1. The van der Waals surface area contributed by atoms with Crippen LogP contribution in [0.25, 0.3) is 0 Å². The highest BCUT2D eigenvalue weighted by molar-refractivity contribution is 5.78. The molecule has 0 fully saturated rings. The van der Waals surface area contributed by atoms with E-state index in [1.165, 1.54) is 0 Å². The van der Waals surface area contributed by atoms with E-state index in [0.717, 1.165) is 26.1 Å². The minimum atomic E-state index is -0.860. The Bertz CT molecular complexity index is 310. The Morgan fingerprint density at radius 1 is 1.24 bits per heavy atom. The van der Waals surface area contributed by atoms with Gasteiger partial charge in [-0.25, -0.2) is 0 Å². The fraction of sp³-hybridized carbons (Fsp3) is 0.938. The van der Waals surface area contributed by atoms with Gasteiger partial charge in [0.25, 0.3) is 0 Å². The molecule has 0 aliphatic carbocycles. The van der Waals surface area contributed by atoms with Crippen LogP contribution in [0.4, 0.5) is 0 Å². The molecule has 0 amide bonds. The van der Waals surface area contributed by atoms with Crippen molar-refractivity contribution < 1.29 is 9.90 Å². The predicted molar refractivity (Wildman–Crippen MR) is 88.8 cm³/mol. The summed E-state index contributed by atoms with van der Waals surface area (Å²) in [6.45, 7) is 13.0. The molecule has 0 aliphatic rings. The molecule has 0 aromatic heterocycles. The highest BCUT2D eigenvalue weighted by atomic mass is 16.4. The van der Waals surface area contributed by atoms with Crippen molar-refractivity contribution in [2.75, 3.05) is 33.7 Å². The van der Waals surface area contributed by atoms with Crippen molar-refractivity contribution in [1.82, 2.24) is 15.1 Å². The second kappa shape index (κ2) is 9.38. The molecule has 0 bridgehead atoms. The maximum atomic E-state index is 11.6. The van der Waals surface area contributed by atoms with Crippen LogP contribution in [0, 0.1) is 0 Å². The average Bonchev–Trinajstić information content (AvgIpc) is 2.35. The van der Waals surface area contributed by atoms with E-state index < -0.39 is 11.5 Å². The molecule has 0 rings (SSSR count). The second-order valence-electron chi connectivity index (χ2n) is 6.56. The molecular formula is C16H35N3O2. The Balaban J connectivity index is 4.85. The van der Waals surface area contributed by atoms with Crippen molar-refractivity contribution >= 4 is 5.97 Å². The maximum Gasteiger partial charge on any atom is 0.323 e. The first-order chi connectivity index (χ1) is 9.67. The molecule has 0 radical (unpaired) electrons. The zero-order valence-electron chi connectivity index (χ0n) is 14.9. The van der Waals surface area contributed by atoms with Crippen LogP contribution in [0.2, 0.25) is 0 Å². The van der Waals surface area contributed by atoms with Crippen LogP contribution in [-0.2, 0) is 4.79 Å². The van der Waals surface area contributed by atoms with E-state index in [1.54, 1.807) is 6.92 Å². The molecule has 3 atom stereocenters. The van der Waals surface area contributed by atoms with Crippen LogP contribution in [-0.4, -0.2) is 72.2 Å². The first-order valence-corrected chi connectivity index (χ1v) is 8.06. The third-order valence-electron chi connectivity index (χ3n) is 4.07. The molecule has 21 heavy (non-hydrogen) atoms. The van der Waals surface area contributed by atoms with Gasteiger partial charge >= 0.3 is 5.97 Å². The summed E-state index contributed by atoms with van der Waals surface area (Å²) >= 11 is 0. The van der Waals surface area contributed by atoms with Gasteiger partial charge in [0.15, 0.2) is 0 Å². The van der Waals surface area contributed by atoms with Crippen LogP contribution < -0.4 is 5.32 Å². The topological polar surface area (TPSA) is 55.8 Å². The molecule has 0 spiro atoms. The van der Waals surface area contributed by atoms with E-state index in [9.17, 15) is 9.90 Å². The molecule has 5 heteroatoms. The molecule has 0 aliphatic heterocycles. The van der Waals surface area contributed by atoms with Crippen LogP contribution in [0.3, 0.4) is 0 Å². The number of aliphatic carboxylic acids is 1. The smallest absolute Gasteiger partial charge is 0.323 e. The second-order valence-corrected chi connectivity index (χ2v) is 6.56. The van der Waals surface area contributed by atoms with Crippen LogP contribution in [0.5, 0.6) is 0 Å². The van der Waals surface area contributed by atoms with E-state index in [-0.39, 0.29) is 6.04 Å². The van der Waals surface area contributed by atoms with Gasteiger partial charge in [-0.1, -0.05) is 13.8 Å². The molecule has 126 valence electrons. The molecule has 0 saturated heterocycles. The fourth-order valence-electron chi connectivity index (χ4n) is 3.04. The summed E-state index contributed by atoms with van der Waals surface area (Å²) in [5.41, 5.74) is -0.860. The lowest BCUT2D eigenvalue weighted by Gasteiger charge is -2.39. The van der Waals surface area contributed by atoms with Crippen molar-refractivity contribution in [1.29, 1.82) is 0 Å². The first-order valence-electron chi connectivity index (χ1n) is 8.06. The van der Waals surface area contributed by atoms with Crippen LogP contribution in [0.1, 0.15) is 47.5 Å². The van der Waals surface area contributed by atoms with Gasteiger partial charge in [0.1, 0.15) is 5.54 Å². The van der Waals surface area contributed by atoms with Crippen LogP contribution >= 0.6 is 0 Å². The number of hydrogen-bond acceptors (Lipinski definition) is 4. The number of carbonyl (C=O) groups is 1. The highest BCUT2D eigenvalue weighted by Gasteiger charge is 2.36. The Kier molecular flexibility index (Phi) is 9.09. The zero-order valence-corrected chi connectivity index (χ0v) is 14.9. The van der Waals surface area contributed by atoms with Gasteiger partial charge in [0, 0.05) is 18.6 Å². The van der Waals surface area contributed by atoms with Gasteiger partial charge in [0.05, 0.1) is 0 Å². The minimum Gasteiger partial charge on any atom is -0.480 e. The lowest BCUT2D eigenvalue weighted by Crippen LogP contribution is -2.55. The van der Waals surface area contributed by atoms with E-state index in [1.807, 2.05) is 0 Å². The van der Waals surface area contributed by atoms with Gasteiger partial charge < -0.3 is 15.3 Å². The Morgan fingerprint density at radius 2 is 1.81 bits per heavy atom. The van der Waals surface area contributed by atoms with E-state index in [0.29, 0.717) is 12.5 Å². The lowest BCUT2D eigenvalue weighted by molar-refractivity contribution is -0.145. The molecular weight excluding hydrogens is 266 g/mol. The predicted octanol–water partition coefficient (Wildman–Crippen LogP) is 1.88. The summed E-state index contributed by atoms with van der Waals surface area (Å²) in [6, 6.07) is 0.625. The summed E-state index contributed by atoms with van der Waals surface area (Å²) in [7, 11) is 4.14. The number of carboxylic acids is 1. The maximum absolute atomic E-state index is 11.6. The Labute approximate surface area is 130 Å². The zero-order chi connectivity index (χ0) is 16.6. The SMILES string of the molecule is CCCNC(C)(CC(C)N(CC)C(C)CN(C)C)C(=O)O. The molecule has 0 heterocycles. The monoisotopic (exact) mass is 301 g/mol. The quantitative estimate of drug-likeness (QED) is 0.610. The summed E-state index contributed by atoms with van der Waals surface area (Å²) < 4.78 is 0. The van der Waals surface area contributed by atoms with Gasteiger partial charge in [-0.3, -0.25) is 9.69 Å². The highest BCUT2D eigenvalue weighted by Crippen LogP contribution is 2.19. The number of likely N-dealkylation sites (N-methyl/N-ethyl adjacent to an activating group) is 2. The average molecular weight is 301 g/mol. The molecule has 0 saturated carbocycles. The summed E-state index contributed by atoms with van der Waals surface area (Å²) in [6.07, 6.45) is 1.54. The van der Waals surface area contributed by atoms with Gasteiger partial charge in [-0.05, 0) is 60.8 Å². The van der Waals surface area contributed by atoms with Crippen molar-refractivity contribution in [3.63, 3.8) is 0 Å². The van der Waals surface area contributed by atoms with Crippen molar-refractivity contribution in [2.24, 2.45) is 0 Å². The number of rotatable bonds is 11. The number of hydrogen-bond donors (Lipinski definition) is 2. The summed E-state index contributed by atoms with van der Waals surface area (Å²) in [5.74, 6) is -0.765. The van der Waals surface area contributed by atoms with Crippen molar-refractivity contribution in [3.8, 4) is 0 Å². The Morgan fingerprint density at radius 3 is 2.19 bits per heavy atom. The first kappa shape index (κ1) is 20.3. The van der Waals surface area contributed by atoms with E-state index in [2.05, 4.69) is 56.9 Å². The van der Waals surface area contributed by atoms with Crippen molar-refractivity contribution in [3.05, 3.63) is 0 Å². The van der Waals surface area contributed by atoms with Gasteiger partial charge in [0.2, 0.25) is 0 Å². The lowest BCUT2D eigenvalue weighted by atomic mass is 9.92. The van der Waals surface area contributed by atoms with Crippen LogP contribution in [0.15, 0.2) is 0 Å². The molecule has 0 aromatic carbocycles. The van der Waals surface area contributed by atoms with Gasteiger partial charge in [-0.15, -0.1) is 0 Å². The molecule has 0 aromatic rings. The number of nitrogens with zero attached hydrogens (tertiary/aromatic N) is 2. The molecule has 3 unspecified atom stereocenters. The largest absolute Gasteiger partial charge is 0.480 e. The minimum absolute atomic E-state index is 0.218. The number of carboxylic acid groups (broad SMARTS) is 1. The summed E-state index contributed by atoms with van der Waals surface area (Å²) in [4.78, 5) is 16.2. The fourth-order valence-corrected chi connectivity index (χ4v) is 3.04. The summed E-state index contributed by atoms with van der Waals surface area (Å²) in [5, 5.41) is 12.8.